The van der Waals surface area contributed by atoms with Gasteiger partial charge in [-0.1, -0.05) is 36.4 Å². The van der Waals surface area contributed by atoms with Gasteiger partial charge < -0.3 is 10.1 Å². The predicted octanol–water partition coefficient (Wildman–Crippen LogP) is 3.43. The van der Waals surface area contributed by atoms with Gasteiger partial charge in [0.05, 0.1) is 6.04 Å². The summed E-state index contributed by atoms with van der Waals surface area (Å²) in [4.78, 5) is 17.0. The molecule has 1 aliphatic rings. The van der Waals surface area contributed by atoms with Crippen molar-refractivity contribution >= 4 is 5.91 Å². The van der Waals surface area contributed by atoms with Crippen molar-refractivity contribution < 1.29 is 13.9 Å². The number of halogens is 1. The van der Waals surface area contributed by atoms with E-state index in [4.69, 9.17) is 4.74 Å². The Morgan fingerprint density at radius 2 is 1.92 bits per heavy atom. The number of nitrogens with zero attached hydrogens (tertiary/aromatic N) is 1. The molecule has 0 radical (unpaired) electrons. The fourth-order valence-electron chi connectivity index (χ4n) is 3.15. The molecule has 1 amide bonds. The number of hydrogen-bond donors (Lipinski definition) is 1. The molecule has 0 spiro atoms. The Kier molecular flexibility index (Phi) is 4.35. The molecule has 0 saturated carbocycles. The Balaban J connectivity index is 1.56. The summed E-state index contributed by atoms with van der Waals surface area (Å²) in [5, 5.41) is 3.04. The van der Waals surface area contributed by atoms with Crippen molar-refractivity contribution in [3.05, 3.63) is 95.6 Å². The summed E-state index contributed by atoms with van der Waals surface area (Å²) in [6.45, 7) is 0. The van der Waals surface area contributed by atoms with Crippen molar-refractivity contribution in [2.24, 2.45) is 0 Å². The average Bonchev–Trinajstić information content (AvgIpc) is 3.10. The van der Waals surface area contributed by atoms with Crippen LogP contribution in [-0.4, -0.2) is 17.0 Å². The molecule has 130 valence electrons. The standard InChI is InChI=1S/C21H17FN2O2/c22-17-8-9-18-16(11-17)12-19(26-18)21(25)24-20(14-5-2-1-3-6-14)15-7-4-10-23-13-15/h1-11,13,19-20H,12H2,(H,24,25)/t19-,20-/m0/s1. The number of benzene rings is 2. The zero-order valence-electron chi connectivity index (χ0n) is 13.9. The van der Waals surface area contributed by atoms with Crippen LogP contribution >= 0.6 is 0 Å². The lowest BCUT2D eigenvalue weighted by molar-refractivity contribution is -0.127. The van der Waals surface area contributed by atoms with Crippen molar-refractivity contribution in [2.45, 2.75) is 18.6 Å². The molecule has 0 unspecified atom stereocenters. The van der Waals surface area contributed by atoms with Crippen LogP contribution in [0.3, 0.4) is 0 Å². The molecule has 0 bridgehead atoms. The highest BCUT2D eigenvalue weighted by atomic mass is 19.1. The van der Waals surface area contributed by atoms with Crippen LogP contribution in [0.4, 0.5) is 4.39 Å². The minimum atomic E-state index is -0.672. The maximum absolute atomic E-state index is 13.4. The molecule has 1 N–H and O–H groups in total. The molecule has 2 heterocycles. The number of amides is 1. The third kappa shape index (κ3) is 3.28. The fourth-order valence-corrected chi connectivity index (χ4v) is 3.15. The highest BCUT2D eigenvalue weighted by molar-refractivity contribution is 5.83. The number of hydrogen-bond acceptors (Lipinski definition) is 3. The van der Waals surface area contributed by atoms with Crippen molar-refractivity contribution in [3.8, 4) is 5.75 Å². The Hall–Kier alpha value is -3.21. The number of aromatic nitrogens is 1. The molecular weight excluding hydrogens is 331 g/mol. The van der Waals surface area contributed by atoms with E-state index in [2.05, 4.69) is 10.3 Å². The molecule has 0 saturated heterocycles. The molecule has 0 fully saturated rings. The second-order valence-corrected chi connectivity index (χ2v) is 6.20. The van der Waals surface area contributed by atoms with Crippen LogP contribution in [0.25, 0.3) is 0 Å². The summed E-state index contributed by atoms with van der Waals surface area (Å²) in [6, 6.07) is 17.4. The van der Waals surface area contributed by atoms with E-state index in [1.54, 1.807) is 18.5 Å². The minimum Gasteiger partial charge on any atom is -0.480 e. The number of carbonyl (C=O) groups excluding carboxylic acids is 1. The van der Waals surface area contributed by atoms with Crippen LogP contribution in [0.2, 0.25) is 0 Å². The molecule has 1 aromatic heterocycles. The van der Waals surface area contributed by atoms with Gasteiger partial charge in [-0.2, -0.15) is 0 Å². The van der Waals surface area contributed by atoms with Gasteiger partial charge in [0.2, 0.25) is 0 Å². The van der Waals surface area contributed by atoms with Crippen LogP contribution in [0, 0.1) is 5.82 Å². The van der Waals surface area contributed by atoms with Crippen LogP contribution in [0.1, 0.15) is 22.7 Å². The average molecular weight is 348 g/mol. The van der Waals surface area contributed by atoms with Crippen molar-refractivity contribution in [2.75, 3.05) is 0 Å². The van der Waals surface area contributed by atoms with Gasteiger partial charge in [0.15, 0.2) is 6.10 Å². The highest BCUT2D eigenvalue weighted by Crippen LogP contribution is 2.30. The molecule has 4 nitrogen and oxygen atoms in total. The Morgan fingerprint density at radius 3 is 2.69 bits per heavy atom. The first kappa shape index (κ1) is 16.3. The third-order valence-corrected chi connectivity index (χ3v) is 4.43. The van der Waals surface area contributed by atoms with Gasteiger partial charge >= 0.3 is 0 Å². The second-order valence-electron chi connectivity index (χ2n) is 6.20. The predicted molar refractivity (Wildman–Crippen MR) is 95.2 cm³/mol. The Labute approximate surface area is 150 Å². The summed E-state index contributed by atoms with van der Waals surface area (Å²) >= 11 is 0. The zero-order chi connectivity index (χ0) is 17.9. The lowest BCUT2D eigenvalue weighted by Crippen LogP contribution is -2.40. The summed E-state index contributed by atoms with van der Waals surface area (Å²) in [5.41, 5.74) is 2.55. The third-order valence-electron chi connectivity index (χ3n) is 4.43. The van der Waals surface area contributed by atoms with E-state index in [0.29, 0.717) is 17.7 Å². The van der Waals surface area contributed by atoms with Gasteiger partial charge in [-0.3, -0.25) is 9.78 Å². The van der Waals surface area contributed by atoms with Gasteiger partial charge in [-0.25, -0.2) is 4.39 Å². The lowest BCUT2D eigenvalue weighted by Gasteiger charge is -2.21. The molecule has 5 heteroatoms. The van der Waals surface area contributed by atoms with Gasteiger partial charge in [-0.15, -0.1) is 0 Å². The number of nitrogens with one attached hydrogen (secondary N) is 1. The van der Waals surface area contributed by atoms with E-state index in [9.17, 15) is 9.18 Å². The minimum absolute atomic E-state index is 0.237. The molecule has 26 heavy (non-hydrogen) atoms. The number of rotatable bonds is 4. The second kappa shape index (κ2) is 6.96. The molecule has 0 aliphatic carbocycles. The van der Waals surface area contributed by atoms with Gasteiger partial charge in [0, 0.05) is 24.4 Å². The molecule has 1 aliphatic heterocycles. The van der Waals surface area contributed by atoms with Crippen LogP contribution in [0.15, 0.2) is 73.1 Å². The molecule has 4 rings (SSSR count). The van der Waals surface area contributed by atoms with Crippen molar-refractivity contribution in [1.82, 2.24) is 10.3 Å². The maximum Gasteiger partial charge on any atom is 0.262 e. The van der Waals surface area contributed by atoms with E-state index in [-0.39, 0.29) is 17.8 Å². The Bertz CT molecular complexity index is 876. The lowest BCUT2D eigenvalue weighted by atomic mass is 9.99. The van der Waals surface area contributed by atoms with Crippen molar-refractivity contribution in [1.29, 1.82) is 0 Å². The number of fused-ring (bicyclic) bond motifs is 1. The topological polar surface area (TPSA) is 51.2 Å². The quantitative estimate of drug-likeness (QED) is 0.786. The highest BCUT2D eigenvalue weighted by Gasteiger charge is 2.31. The first-order chi connectivity index (χ1) is 12.7. The van der Waals surface area contributed by atoms with E-state index in [1.165, 1.54) is 12.1 Å². The number of pyridine rings is 1. The fraction of sp³-hybridized carbons (Fsp3) is 0.143. The van der Waals surface area contributed by atoms with E-state index in [0.717, 1.165) is 11.1 Å². The smallest absolute Gasteiger partial charge is 0.262 e. The summed E-state index contributed by atoms with van der Waals surface area (Å²) in [6.07, 6.45) is 3.11. The molecule has 2 atom stereocenters. The van der Waals surface area contributed by atoms with Crippen molar-refractivity contribution in [3.63, 3.8) is 0 Å². The molecule has 2 aromatic carbocycles. The normalized spacial score (nSPS) is 16.4. The number of carbonyl (C=O) groups is 1. The largest absolute Gasteiger partial charge is 0.480 e. The SMILES string of the molecule is O=C(N[C@@H](c1ccccc1)c1cccnc1)[C@@H]1Cc2cc(F)ccc2O1. The first-order valence-corrected chi connectivity index (χ1v) is 8.41. The van der Waals surface area contributed by atoms with Crippen LogP contribution in [0.5, 0.6) is 5.75 Å². The monoisotopic (exact) mass is 348 g/mol. The molecular formula is C21H17FN2O2. The van der Waals surface area contributed by atoms with Gasteiger partial charge in [0.1, 0.15) is 11.6 Å². The van der Waals surface area contributed by atoms with E-state index >= 15 is 0 Å². The summed E-state index contributed by atoms with van der Waals surface area (Å²) in [5.74, 6) is -0.00515. The number of ether oxygens (including phenoxy) is 1. The van der Waals surface area contributed by atoms with E-state index in [1.807, 2.05) is 42.5 Å². The first-order valence-electron chi connectivity index (χ1n) is 8.41. The summed E-state index contributed by atoms with van der Waals surface area (Å²) in [7, 11) is 0. The van der Waals surface area contributed by atoms with Gasteiger partial charge in [0.25, 0.3) is 5.91 Å². The Morgan fingerprint density at radius 1 is 1.12 bits per heavy atom. The zero-order valence-corrected chi connectivity index (χ0v) is 13.9. The van der Waals surface area contributed by atoms with E-state index < -0.39 is 6.10 Å². The van der Waals surface area contributed by atoms with Crippen LogP contribution in [-0.2, 0) is 11.2 Å². The van der Waals surface area contributed by atoms with Crippen LogP contribution < -0.4 is 10.1 Å². The van der Waals surface area contributed by atoms with Gasteiger partial charge in [-0.05, 0) is 35.4 Å². The molecule has 3 aromatic rings. The maximum atomic E-state index is 13.4. The summed E-state index contributed by atoms with van der Waals surface area (Å²) < 4.78 is 19.1.